The highest BCUT2D eigenvalue weighted by atomic mass is 15.3. The normalized spacial score (nSPS) is 23.7. The van der Waals surface area contributed by atoms with Gasteiger partial charge >= 0.3 is 0 Å². The topological polar surface area (TPSA) is 50.3 Å². The molecule has 1 aromatic heterocycles. The number of imidazole rings is 1. The van der Waals surface area contributed by atoms with Crippen LogP contribution in [0.2, 0.25) is 0 Å². The van der Waals surface area contributed by atoms with Crippen molar-refractivity contribution in [1.29, 1.82) is 0 Å². The van der Waals surface area contributed by atoms with E-state index in [-0.39, 0.29) is 6.04 Å². The van der Waals surface area contributed by atoms with Gasteiger partial charge < -0.3 is 15.2 Å². The SMILES string of the molecule is CCCn1cncc1C(CN)N1CCCN(C)CC1C. The van der Waals surface area contributed by atoms with Gasteiger partial charge in [0.1, 0.15) is 0 Å². The Hall–Kier alpha value is -0.910. The van der Waals surface area contributed by atoms with E-state index in [1.165, 1.54) is 18.7 Å². The second kappa shape index (κ2) is 7.20. The number of nitrogens with zero attached hydrogens (tertiary/aromatic N) is 4. The molecule has 0 amide bonds. The van der Waals surface area contributed by atoms with E-state index in [1.54, 1.807) is 0 Å². The molecule has 20 heavy (non-hydrogen) atoms. The largest absolute Gasteiger partial charge is 0.333 e. The van der Waals surface area contributed by atoms with Crippen molar-refractivity contribution in [3.63, 3.8) is 0 Å². The molecule has 0 radical (unpaired) electrons. The molecule has 2 atom stereocenters. The number of hydrogen-bond acceptors (Lipinski definition) is 4. The van der Waals surface area contributed by atoms with Crippen LogP contribution in [-0.2, 0) is 6.54 Å². The van der Waals surface area contributed by atoms with Crippen molar-refractivity contribution >= 4 is 0 Å². The van der Waals surface area contributed by atoms with Crippen LogP contribution in [-0.4, -0.2) is 58.6 Å². The molecular formula is C15H29N5. The molecule has 2 rings (SSSR count). The number of nitrogens with two attached hydrogens (primary N) is 1. The monoisotopic (exact) mass is 279 g/mol. The maximum atomic E-state index is 6.11. The molecule has 1 saturated heterocycles. The molecule has 2 N–H and O–H groups in total. The number of hydrogen-bond donors (Lipinski definition) is 1. The van der Waals surface area contributed by atoms with E-state index in [1.807, 2.05) is 12.5 Å². The number of aromatic nitrogens is 2. The van der Waals surface area contributed by atoms with Crippen molar-refractivity contribution in [3.05, 3.63) is 18.2 Å². The van der Waals surface area contributed by atoms with Crippen molar-refractivity contribution in [2.45, 2.75) is 45.3 Å². The van der Waals surface area contributed by atoms with Crippen molar-refractivity contribution in [3.8, 4) is 0 Å². The Balaban J connectivity index is 2.19. The third-order valence-electron chi connectivity index (χ3n) is 4.27. The molecule has 1 fully saturated rings. The van der Waals surface area contributed by atoms with Crippen LogP contribution in [0.15, 0.2) is 12.5 Å². The highest BCUT2D eigenvalue weighted by Crippen LogP contribution is 2.24. The van der Waals surface area contributed by atoms with E-state index in [0.717, 1.165) is 26.1 Å². The second-order valence-corrected chi connectivity index (χ2v) is 5.97. The van der Waals surface area contributed by atoms with Crippen LogP contribution in [0.4, 0.5) is 0 Å². The molecular weight excluding hydrogens is 250 g/mol. The van der Waals surface area contributed by atoms with Gasteiger partial charge in [-0.3, -0.25) is 4.90 Å². The maximum Gasteiger partial charge on any atom is 0.0948 e. The average Bonchev–Trinajstić information content (AvgIpc) is 2.79. The lowest BCUT2D eigenvalue weighted by Crippen LogP contribution is -2.43. The van der Waals surface area contributed by atoms with Crippen molar-refractivity contribution < 1.29 is 0 Å². The lowest BCUT2D eigenvalue weighted by molar-refractivity contribution is 0.141. The molecule has 1 aliphatic heterocycles. The minimum Gasteiger partial charge on any atom is -0.333 e. The van der Waals surface area contributed by atoms with E-state index in [4.69, 9.17) is 5.73 Å². The first-order valence-electron chi connectivity index (χ1n) is 7.81. The van der Waals surface area contributed by atoms with E-state index in [2.05, 4.69) is 40.2 Å². The molecule has 2 heterocycles. The summed E-state index contributed by atoms with van der Waals surface area (Å²) in [5.41, 5.74) is 7.38. The summed E-state index contributed by atoms with van der Waals surface area (Å²) < 4.78 is 2.26. The first kappa shape index (κ1) is 15.5. The molecule has 2 unspecified atom stereocenters. The van der Waals surface area contributed by atoms with Gasteiger partial charge in [-0.25, -0.2) is 4.98 Å². The Morgan fingerprint density at radius 2 is 2.25 bits per heavy atom. The van der Waals surface area contributed by atoms with Crippen LogP contribution in [0.3, 0.4) is 0 Å². The van der Waals surface area contributed by atoms with E-state index >= 15 is 0 Å². The molecule has 5 nitrogen and oxygen atoms in total. The number of rotatable bonds is 5. The fraction of sp³-hybridized carbons (Fsp3) is 0.800. The molecule has 1 aliphatic rings. The van der Waals surface area contributed by atoms with Crippen LogP contribution in [0.1, 0.15) is 38.4 Å². The van der Waals surface area contributed by atoms with Gasteiger partial charge in [-0.2, -0.15) is 0 Å². The standard InChI is InChI=1S/C15H29N5/c1-4-6-19-12-17-10-15(19)14(9-16)20-8-5-7-18(3)11-13(20)2/h10,12-14H,4-9,11,16H2,1-3H3. The maximum absolute atomic E-state index is 6.11. The summed E-state index contributed by atoms with van der Waals surface area (Å²) in [6.07, 6.45) is 6.27. The zero-order chi connectivity index (χ0) is 14.5. The van der Waals surface area contributed by atoms with Crippen molar-refractivity contribution in [2.75, 3.05) is 33.2 Å². The first-order chi connectivity index (χ1) is 9.67. The third-order valence-corrected chi connectivity index (χ3v) is 4.27. The minimum atomic E-state index is 0.283. The first-order valence-corrected chi connectivity index (χ1v) is 7.81. The summed E-state index contributed by atoms with van der Waals surface area (Å²) in [5, 5.41) is 0. The quantitative estimate of drug-likeness (QED) is 0.883. The van der Waals surface area contributed by atoms with Crippen LogP contribution in [0, 0.1) is 0 Å². The zero-order valence-electron chi connectivity index (χ0n) is 13.1. The molecule has 114 valence electrons. The Morgan fingerprint density at radius 3 is 2.95 bits per heavy atom. The predicted octanol–water partition coefficient (Wildman–Crippen LogP) is 1.32. The van der Waals surface area contributed by atoms with Crippen LogP contribution in [0.5, 0.6) is 0 Å². The van der Waals surface area contributed by atoms with Gasteiger partial charge in [0.25, 0.3) is 0 Å². The molecule has 0 bridgehead atoms. The Bertz CT molecular complexity index is 403. The summed E-state index contributed by atoms with van der Waals surface area (Å²) >= 11 is 0. The lowest BCUT2D eigenvalue weighted by Gasteiger charge is -2.35. The van der Waals surface area contributed by atoms with E-state index in [9.17, 15) is 0 Å². The van der Waals surface area contributed by atoms with Crippen molar-refractivity contribution in [2.24, 2.45) is 5.73 Å². The summed E-state index contributed by atoms with van der Waals surface area (Å²) in [6, 6.07) is 0.812. The summed E-state index contributed by atoms with van der Waals surface area (Å²) in [7, 11) is 2.21. The number of aryl methyl sites for hydroxylation is 1. The van der Waals surface area contributed by atoms with Gasteiger partial charge in [0.15, 0.2) is 0 Å². The molecule has 0 aromatic carbocycles. The van der Waals surface area contributed by atoms with Crippen LogP contribution >= 0.6 is 0 Å². The Labute approximate surface area is 122 Å². The van der Waals surface area contributed by atoms with Gasteiger partial charge in [-0.15, -0.1) is 0 Å². The minimum absolute atomic E-state index is 0.283. The zero-order valence-corrected chi connectivity index (χ0v) is 13.1. The summed E-state index contributed by atoms with van der Waals surface area (Å²) in [6.45, 7) is 9.59. The molecule has 5 heteroatoms. The summed E-state index contributed by atoms with van der Waals surface area (Å²) in [4.78, 5) is 9.32. The number of likely N-dealkylation sites (N-methyl/N-ethyl adjacent to an activating group) is 1. The Kier molecular flexibility index (Phi) is 5.57. The van der Waals surface area contributed by atoms with Gasteiger partial charge in [-0.05, 0) is 33.4 Å². The highest BCUT2D eigenvalue weighted by Gasteiger charge is 2.28. The lowest BCUT2D eigenvalue weighted by atomic mass is 10.1. The molecule has 0 saturated carbocycles. The fourth-order valence-corrected chi connectivity index (χ4v) is 3.32. The van der Waals surface area contributed by atoms with Crippen LogP contribution in [0.25, 0.3) is 0 Å². The molecule has 0 aliphatic carbocycles. The van der Waals surface area contributed by atoms with Gasteiger partial charge in [0, 0.05) is 38.4 Å². The highest BCUT2D eigenvalue weighted by molar-refractivity contribution is 5.07. The molecule has 1 aromatic rings. The predicted molar refractivity (Wildman–Crippen MR) is 82.6 cm³/mol. The van der Waals surface area contributed by atoms with Gasteiger partial charge in [-0.1, -0.05) is 6.92 Å². The fourth-order valence-electron chi connectivity index (χ4n) is 3.32. The van der Waals surface area contributed by atoms with E-state index in [0.29, 0.717) is 12.6 Å². The van der Waals surface area contributed by atoms with Crippen molar-refractivity contribution in [1.82, 2.24) is 19.4 Å². The third kappa shape index (κ3) is 3.40. The summed E-state index contributed by atoms with van der Waals surface area (Å²) in [5.74, 6) is 0. The average molecular weight is 279 g/mol. The second-order valence-electron chi connectivity index (χ2n) is 5.97. The van der Waals surface area contributed by atoms with Gasteiger partial charge in [0.2, 0.25) is 0 Å². The smallest absolute Gasteiger partial charge is 0.0948 e. The Morgan fingerprint density at radius 1 is 1.45 bits per heavy atom. The van der Waals surface area contributed by atoms with Gasteiger partial charge in [0.05, 0.1) is 18.1 Å². The molecule has 0 spiro atoms. The van der Waals surface area contributed by atoms with E-state index < -0.39 is 0 Å². The van der Waals surface area contributed by atoms with Crippen LogP contribution < -0.4 is 5.73 Å².